The lowest BCUT2D eigenvalue weighted by Crippen LogP contribution is -2.54. The van der Waals surface area contributed by atoms with Crippen LogP contribution < -0.4 is 5.73 Å². The van der Waals surface area contributed by atoms with E-state index in [0.717, 1.165) is 5.56 Å². The highest BCUT2D eigenvalue weighted by Gasteiger charge is 2.47. The summed E-state index contributed by atoms with van der Waals surface area (Å²) in [4.78, 5) is 12.2. The third kappa shape index (κ3) is 2.91. The predicted octanol–water partition coefficient (Wildman–Crippen LogP) is 2.45. The lowest BCUT2D eigenvalue weighted by atomic mass is 9.98. The summed E-state index contributed by atoms with van der Waals surface area (Å²) in [5.41, 5.74) is 7.24. The number of ether oxygens (including phenoxy) is 3. The third-order valence-corrected chi connectivity index (χ3v) is 5.31. The second kappa shape index (κ2) is 6.93. The van der Waals surface area contributed by atoms with Crippen molar-refractivity contribution >= 4 is 28.7 Å². The molecule has 28 heavy (non-hydrogen) atoms. The molecule has 2 aromatic heterocycles. The Kier molecular flexibility index (Phi) is 4.39. The second-order valence-electron chi connectivity index (χ2n) is 6.76. The minimum atomic E-state index is -1.36. The zero-order valence-corrected chi connectivity index (χ0v) is 15.4. The first-order valence-electron chi connectivity index (χ1n) is 8.85. The largest absolute Gasteiger partial charge is 0.371 e. The minimum absolute atomic E-state index is 0.00396. The van der Waals surface area contributed by atoms with Crippen LogP contribution in [0.15, 0.2) is 36.7 Å². The Balaban J connectivity index is 1.44. The van der Waals surface area contributed by atoms with Crippen LogP contribution in [0.5, 0.6) is 0 Å². The molecule has 0 aliphatic carbocycles. The van der Waals surface area contributed by atoms with Gasteiger partial charge in [0.25, 0.3) is 0 Å². The summed E-state index contributed by atoms with van der Waals surface area (Å²) in [6.45, 7) is 0.376. The van der Waals surface area contributed by atoms with Crippen molar-refractivity contribution in [1.29, 1.82) is 0 Å². The van der Waals surface area contributed by atoms with Crippen molar-refractivity contribution in [2.45, 2.75) is 30.7 Å². The molecule has 0 radical (unpaired) electrons. The topological polar surface area (TPSA) is 97.3 Å². The molecule has 5 unspecified atom stereocenters. The van der Waals surface area contributed by atoms with E-state index in [9.17, 15) is 0 Å². The molecule has 0 amide bonds. The van der Waals surface area contributed by atoms with Crippen LogP contribution in [0.1, 0.15) is 17.9 Å². The van der Waals surface area contributed by atoms with E-state index in [1.54, 1.807) is 4.57 Å². The van der Waals surface area contributed by atoms with Crippen molar-refractivity contribution in [3.05, 3.63) is 47.4 Å². The minimum Gasteiger partial charge on any atom is -0.371 e. The van der Waals surface area contributed by atoms with E-state index in [-0.39, 0.29) is 24.3 Å². The zero-order valence-electron chi connectivity index (χ0n) is 14.6. The maximum atomic E-state index is 15.5. The number of nitrogens with two attached hydrogens (primary N) is 1. The van der Waals surface area contributed by atoms with E-state index in [1.165, 1.54) is 6.33 Å². The Labute approximate surface area is 164 Å². The van der Waals surface area contributed by atoms with Gasteiger partial charge in [0.1, 0.15) is 17.7 Å². The van der Waals surface area contributed by atoms with Gasteiger partial charge < -0.3 is 24.5 Å². The van der Waals surface area contributed by atoms with Crippen LogP contribution in [0.25, 0.3) is 11.2 Å². The Morgan fingerprint density at radius 3 is 2.79 bits per heavy atom. The Morgan fingerprint density at radius 1 is 1.14 bits per heavy atom. The Morgan fingerprint density at radius 2 is 1.96 bits per heavy atom. The lowest BCUT2D eigenvalue weighted by Gasteiger charge is -2.44. The SMILES string of the molecule is Nc1nc(Cl)c2ncn(C3COC4COC(c5ccccc5)OC4C3F)c2n1. The van der Waals surface area contributed by atoms with Crippen molar-refractivity contribution in [2.75, 3.05) is 18.9 Å². The predicted molar refractivity (Wildman–Crippen MR) is 98.4 cm³/mol. The number of nitrogen functional groups attached to an aromatic ring is 1. The number of rotatable bonds is 2. The fourth-order valence-corrected chi connectivity index (χ4v) is 3.88. The first-order chi connectivity index (χ1) is 13.6. The Hall–Kier alpha value is -2.33. The average Bonchev–Trinajstić information content (AvgIpc) is 3.13. The first kappa shape index (κ1) is 17.7. The van der Waals surface area contributed by atoms with E-state index in [4.69, 9.17) is 31.5 Å². The molecule has 0 spiro atoms. The molecule has 1 aromatic carbocycles. The average molecular weight is 406 g/mol. The van der Waals surface area contributed by atoms with Crippen LogP contribution in [0.2, 0.25) is 5.15 Å². The van der Waals surface area contributed by atoms with Gasteiger partial charge in [-0.2, -0.15) is 9.97 Å². The van der Waals surface area contributed by atoms with E-state index in [0.29, 0.717) is 11.2 Å². The molecule has 146 valence electrons. The number of hydrogen-bond acceptors (Lipinski definition) is 7. The van der Waals surface area contributed by atoms with Gasteiger partial charge in [-0.25, -0.2) is 9.37 Å². The van der Waals surface area contributed by atoms with Gasteiger partial charge in [-0.1, -0.05) is 41.9 Å². The number of imidazole rings is 1. The van der Waals surface area contributed by atoms with Gasteiger partial charge in [-0.05, 0) is 0 Å². The van der Waals surface area contributed by atoms with Crippen LogP contribution in [-0.4, -0.2) is 51.1 Å². The number of aromatic nitrogens is 4. The van der Waals surface area contributed by atoms with Crippen LogP contribution in [-0.2, 0) is 14.2 Å². The highest BCUT2D eigenvalue weighted by atomic mass is 35.5. The summed E-state index contributed by atoms with van der Waals surface area (Å²) >= 11 is 6.08. The van der Waals surface area contributed by atoms with Gasteiger partial charge in [0.2, 0.25) is 5.95 Å². The fraction of sp³-hybridized carbons (Fsp3) is 0.389. The van der Waals surface area contributed by atoms with Gasteiger partial charge in [0, 0.05) is 5.56 Å². The molecule has 2 N–H and O–H groups in total. The van der Waals surface area contributed by atoms with E-state index in [2.05, 4.69) is 15.0 Å². The quantitative estimate of drug-likeness (QED) is 0.654. The zero-order chi connectivity index (χ0) is 19.3. The number of halogens is 2. The number of nitrogens with zero attached hydrogens (tertiary/aromatic N) is 4. The second-order valence-corrected chi connectivity index (χ2v) is 7.11. The lowest BCUT2D eigenvalue weighted by molar-refractivity contribution is -0.298. The monoisotopic (exact) mass is 405 g/mol. The van der Waals surface area contributed by atoms with Crippen molar-refractivity contribution in [1.82, 2.24) is 19.5 Å². The molecule has 5 atom stereocenters. The van der Waals surface area contributed by atoms with Crippen molar-refractivity contribution < 1.29 is 18.6 Å². The van der Waals surface area contributed by atoms with Crippen molar-refractivity contribution in [2.24, 2.45) is 0 Å². The number of anilines is 1. The fourth-order valence-electron chi connectivity index (χ4n) is 3.66. The van der Waals surface area contributed by atoms with Gasteiger partial charge in [-0.15, -0.1) is 0 Å². The van der Waals surface area contributed by atoms with Crippen molar-refractivity contribution in [3.63, 3.8) is 0 Å². The molecule has 2 saturated heterocycles. The van der Waals surface area contributed by atoms with Crippen LogP contribution in [0.3, 0.4) is 0 Å². The van der Waals surface area contributed by atoms with Crippen LogP contribution in [0.4, 0.5) is 10.3 Å². The number of benzene rings is 1. The molecule has 5 rings (SSSR count). The molecule has 2 aliphatic rings. The standard InChI is InChI=1S/C18H17ClFN5O3/c19-15-13-16(24-18(21)23-15)25(8-22-13)10-6-26-11-7-27-17(28-14(11)12(10)20)9-4-2-1-3-5-9/h1-5,8,10-12,14,17H,6-7H2,(H2,21,23,24). The third-order valence-electron chi connectivity index (χ3n) is 5.05. The maximum Gasteiger partial charge on any atom is 0.223 e. The molecule has 4 heterocycles. The molecular formula is C18H17ClFN5O3. The van der Waals surface area contributed by atoms with Gasteiger partial charge in [0.15, 0.2) is 23.3 Å². The smallest absolute Gasteiger partial charge is 0.223 e. The normalized spacial score (nSPS) is 30.3. The van der Waals surface area contributed by atoms with Gasteiger partial charge >= 0.3 is 0 Å². The summed E-state index contributed by atoms with van der Waals surface area (Å²) in [5, 5.41) is 0.123. The van der Waals surface area contributed by atoms with Crippen molar-refractivity contribution in [3.8, 4) is 0 Å². The Bertz CT molecular complexity index is 1000. The van der Waals surface area contributed by atoms with Gasteiger partial charge in [-0.3, -0.25) is 0 Å². The highest BCUT2D eigenvalue weighted by Crippen LogP contribution is 2.38. The number of hydrogen-bond donors (Lipinski definition) is 1. The molecule has 8 nitrogen and oxygen atoms in total. The first-order valence-corrected chi connectivity index (χ1v) is 9.23. The molecule has 0 saturated carbocycles. The van der Waals surface area contributed by atoms with Gasteiger partial charge in [0.05, 0.1) is 25.6 Å². The van der Waals surface area contributed by atoms with E-state index in [1.807, 2.05) is 30.3 Å². The summed E-state index contributed by atoms with van der Waals surface area (Å²) in [7, 11) is 0. The number of alkyl halides is 1. The molecule has 0 bridgehead atoms. The molecule has 2 aliphatic heterocycles. The molecule has 10 heteroatoms. The summed E-state index contributed by atoms with van der Waals surface area (Å²) in [6.07, 6.45) is -1.80. The maximum absolute atomic E-state index is 15.5. The van der Waals surface area contributed by atoms with E-state index < -0.39 is 30.7 Å². The molecule has 2 fully saturated rings. The summed E-state index contributed by atoms with van der Waals surface area (Å²) in [6, 6.07) is 8.73. The summed E-state index contributed by atoms with van der Waals surface area (Å²) < 4.78 is 34.6. The van der Waals surface area contributed by atoms with E-state index >= 15 is 4.39 Å². The number of fused-ring (bicyclic) bond motifs is 2. The molecular weight excluding hydrogens is 389 g/mol. The highest BCUT2D eigenvalue weighted by molar-refractivity contribution is 6.33. The van der Waals surface area contributed by atoms with Crippen LogP contribution in [0, 0.1) is 0 Å². The molecule has 3 aromatic rings. The summed E-state index contributed by atoms with van der Waals surface area (Å²) in [5.74, 6) is -0.00396. The van der Waals surface area contributed by atoms with Crippen LogP contribution >= 0.6 is 11.6 Å².